The third-order valence-corrected chi connectivity index (χ3v) is 6.19. The fourth-order valence-corrected chi connectivity index (χ4v) is 4.03. The zero-order valence-corrected chi connectivity index (χ0v) is 15.6. The second-order valence-corrected chi connectivity index (χ2v) is 8.36. The van der Waals surface area contributed by atoms with E-state index in [-0.39, 0.29) is 16.5 Å². The Morgan fingerprint density at radius 1 is 1.07 bits per heavy atom. The molecule has 2 aromatic carbocycles. The maximum atomic E-state index is 12.9. The van der Waals surface area contributed by atoms with Crippen molar-refractivity contribution in [3.63, 3.8) is 0 Å². The van der Waals surface area contributed by atoms with E-state index in [1.165, 1.54) is 36.2 Å². The van der Waals surface area contributed by atoms with Crippen LogP contribution in [-0.2, 0) is 14.8 Å². The zero-order chi connectivity index (χ0) is 19.6. The Bertz CT molecular complexity index is 955. The average molecular weight is 388 g/mol. The van der Waals surface area contributed by atoms with Crippen molar-refractivity contribution in [1.29, 1.82) is 0 Å². The van der Waals surface area contributed by atoms with Gasteiger partial charge in [0.2, 0.25) is 0 Å². The van der Waals surface area contributed by atoms with E-state index in [0.717, 1.165) is 17.1 Å². The van der Waals surface area contributed by atoms with Crippen molar-refractivity contribution in [2.75, 3.05) is 17.9 Å². The van der Waals surface area contributed by atoms with E-state index >= 15 is 0 Å². The molecule has 0 atom stereocenters. The van der Waals surface area contributed by atoms with Gasteiger partial charge in [0.15, 0.2) is 0 Å². The van der Waals surface area contributed by atoms with Crippen molar-refractivity contribution in [3.8, 4) is 0 Å². The Balaban J connectivity index is 1.90. The number of benzene rings is 2. The van der Waals surface area contributed by atoms with Gasteiger partial charge in [0, 0.05) is 18.7 Å². The summed E-state index contributed by atoms with van der Waals surface area (Å²) in [7, 11) is -2.41. The van der Waals surface area contributed by atoms with E-state index in [9.17, 15) is 18.0 Å². The van der Waals surface area contributed by atoms with Gasteiger partial charge in [-0.05, 0) is 43.2 Å². The Kier molecular flexibility index (Phi) is 5.18. The van der Waals surface area contributed by atoms with E-state index in [1.54, 1.807) is 30.3 Å². The monoisotopic (exact) mass is 388 g/mol. The zero-order valence-electron chi connectivity index (χ0n) is 14.8. The van der Waals surface area contributed by atoms with Gasteiger partial charge in [0.05, 0.1) is 10.6 Å². The van der Waals surface area contributed by atoms with Gasteiger partial charge in [-0.2, -0.15) is 0 Å². The molecule has 8 heteroatoms. The van der Waals surface area contributed by atoms with Crippen LogP contribution in [0.25, 0.3) is 0 Å². The van der Waals surface area contributed by atoms with Crippen LogP contribution in [0.5, 0.6) is 0 Å². The molecular formula is C19H20N2O5S. The SMILES string of the molecule is CN(c1ccccc1)S(=O)(=O)c1cccc(C(=O)N(CC(=O)O)C2CC2)c1. The first-order chi connectivity index (χ1) is 12.8. The Labute approximate surface area is 157 Å². The summed E-state index contributed by atoms with van der Waals surface area (Å²) >= 11 is 0. The van der Waals surface area contributed by atoms with Crippen LogP contribution in [0.1, 0.15) is 23.2 Å². The highest BCUT2D eigenvalue weighted by Crippen LogP contribution is 2.29. The number of carbonyl (C=O) groups excluding carboxylic acids is 1. The maximum absolute atomic E-state index is 12.9. The first-order valence-electron chi connectivity index (χ1n) is 8.47. The Hall–Kier alpha value is -2.87. The lowest BCUT2D eigenvalue weighted by Gasteiger charge is -2.22. The predicted octanol–water partition coefficient (Wildman–Crippen LogP) is 2.20. The Morgan fingerprint density at radius 2 is 1.74 bits per heavy atom. The lowest BCUT2D eigenvalue weighted by atomic mass is 10.2. The van der Waals surface area contributed by atoms with E-state index < -0.39 is 28.4 Å². The summed E-state index contributed by atoms with van der Waals surface area (Å²) < 4.78 is 27.0. The second-order valence-electron chi connectivity index (χ2n) is 6.39. The highest BCUT2D eigenvalue weighted by Gasteiger charge is 2.34. The summed E-state index contributed by atoms with van der Waals surface area (Å²) in [6.45, 7) is -0.398. The molecule has 1 saturated carbocycles. The van der Waals surface area contributed by atoms with E-state index in [0.29, 0.717) is 5.69 Å². The van der Waals surface area contributed by atoms with Crippen molar-refractivity contribution >= 4 is 27.6 Å². The van der Waals surface area contributed by atoms with Crippen LogP contribution in [0.15, 0.2) is 59.5 Å². The van der Waals surface area contributed by atoms with Crippen molar-refractivity contribution < 1.29 is 23.1 Å². The first-order valence-corrected chi connectivity index (χ1v) is 9.91. The minimum Gasteiger partial charge on any atom is -0.480 e. The third kappa shape index (κ3) is 4.11. The minimum atomic E-state index is -3.86. The van der Waals surface area contributed by atoms with Crippen LogP contribution < -0.4 is 4.31 Å². The van der Waals surface area contributed by atoms with Crippen LogP contribution in [0.2, 0.25) is 0 Å². The molecule has 0 aliphatic heterocycles. The van der Waals surface area contributed by atoms with Crippen molar-refractivity contribution in [2.24, 2.45) is 0 Å². The molecule has 0 bridgehead atoms. The standard InChI is InChI=1S/C19H20N2O5S/c1-20(15-7-3-2-4-8-15)27(25,26)17-9-5-6-14(12-17)19(24)21(13-18(22)23)16-10-11-16/h2-9,12,16H,10-11,13H2,1H3,(H,22,23). The van der Waals surface area contributed by atoms with E-state index in [2.05, 4.69) is 0 Å². The summed E-state index contributed by atoms with van der Waals surface area (Å²) in [4.78, 5) is 25.1. The van der Waals surface area contributed by atoms with Crippen LogP contribution in [0.4, 0.5) is 5.69 Å². The molecule has 0 saturated heterocycles. The summed E-state index contributed by atoms with van der Waals surface area (Å²) in [6, 6.07) is 14.2. The van der Waals surface area contributed by atoms with E-state index in [1.807, 2.05) is 0 Å². The van der Waals surface area contributed by atoms with Crippen LogP contribution in [0, 0.1) is 0 Å². The summed E-state index contributed by atoms with van der Waals surface area (Å²) in [5.74, 6) is -1.57. The molecule has 3 rings (SSSR count). The molecule has 7 nitrogen and oxygen atoms in total. The summed E-state index contributed by atoms with van der Waals surface area (Å²) in [5.41, 5.74) is 0.658. The van der Waals surface area contributed by atoms with Crippen LogP contribution in [-0.4, -0.2) is 49.9 Å². The molecule has 0 unspecified atom stereocenters. The first kappa shape index (κ1) is 18.9. The number of carboxylic acids is 1. The Morgan fingerprint density at radius 3 is 2.33 bits per heavy atom. The number of amides is 1. The molecule has 142 valence electrons. The quantitative estimate of drug-likeness (QED) is 0.785. The second kappa shape index (κ2) is 7.40. The molecule has 1 N–H and O–H groups in total. The minimum absolute atomic E-state index is 0.0224. The van der Waals surface area contributed by atoms with Gasteiger partial charge in [0.25, 0.3) is 15.9 Å². The predicted molar refractivity (Wildman–Crippen MR) is 100 cm³/mol. The van der Waals surface area contributed by atoms with Gasteiger partial charge in [-0.15, -0.1) is 0 Å². The van der Waals surface area contributed by atoms with Gasteiger partial charge in [-0.3, -0.25) is 13.9 Å². The fourth-order valence-electron chi connectivity index (χ4n) is 2.79. The number of sulfonamides is 1. The summed E-state index contributed by atoms with van der Waals surface area (Å²) in [6.07, 6.45) is 1.52. The van der Waals surface area contributed by atoms with Gasteiger partial charge >= 0.3 is 5.97 Å². The molecule has 1 aliphatic rings. The lowest BCUT2D eigenvalue weighted by molar-refractivity contribution is -0.137. The number of carboxylic acid groups (broad SMARTS) is 1. The number of nitrogens with zero attached hydrogens (tertiary/aromatic N) is 2. The molecule has 2 aromatic rings. The van der Waals surface area contributed by atoms with Crippen molar-refractivity contribution in [1.82, 2.24) is 4.90 Å². The largest absolute Gasteiger partial charge is 0.480 e. The molecule has 27 heavy (non-hydrogen) atoms. The van der Waals surface area contributed by atoms with Gasteiger partial charge < -0.3 is 10.0 Å². The number of anilines is 1. The number of aliphatic carboxylic acids is 1. The smallest absolute Gasteiger partial charge is 0.323 e. The van der Waals surface area contributed by atoms with Crippen LogP contribution in [0.3, 0.4) is 0 Å². The molecule has 1 amide bonds. The van der Waals surface area contributed by atoms with Crippen molar-refractivity contribution in [2.45, 2.75) is 23.8 Å². The molecule has 0 spiro atoms. The van der Waals surface area contributed by atoms with Crippen LogP contribution >= 0.6 is 0 Å². The van der Waals surface area contributed by atoms with E-state index in [4.69, 9.17) is 5.11 Å². The molecule has 0 aromatic heterocycles. The number of para-hydroxylation sites is 1. The number of hydrogen-bond acceptors (Lipinski definition) is 4. The average Bonchev–Trinajstić information content (AvgIpc) is 3.50. The highest BCUT2D eigenvalue weighted by atomic mass is 32.2. The number of rotatable bonds is 7. The van der Waals surface area contributed by atoms with Gasteiger partial charge in [-0.25, -0.2) is 8.42 Å². The molecular weight excluding hydrogens is 368 g/mol. The fraction of sp³-hybridized carbons (Fsp3) is 0.263. The molecule has 1 fully saturated rings. The lowest BCUT2D eigenvalue weighted by Crippen LogP contribution is -2.37. The molecule has 1 aliphatic carbocycles. The topological polar surface area (TPSA) is 95.0 Å². The third-order valence-electron chi connectivity index (χ3n) is 4.41. The highest BCUT2D eigenvalue weighted by molar-refractivity contribution is 7.92. The van der Waals surface area contributed by atoms with Gasteiger partial charge in [0.1, 0.15) is 6.54 Å². The van der Waals surface area contributed by atoms with Crippen molar-refractivity contribution in [3.05, 3.63) is 60.2 Å². The number of hydrogen-bond donors (Lipinski definition) is 1. The summed E-state index contributed by atoms with van der Waals surface area (Å²) in [5, 5.41) is 9.04. The maximum Gasteiger partial charge on any atom is 0.323 e. The normalized spacial score (nSPS) is 13.8. The van der Waals surface area contributed by atoms with Gasteiger partial charge in [-0.1, -0.05) is 24.3 Å². The molecule has 0 radical (unpaired) electrons. The number of carbonyl (C=O) groups is 2. The molecule has 0 heterocycles.